The van der Waals surface area contributed by atoms with Gasteiger partial charge in [0.15, 0.2) is 0 Å². The first-order valence-corrected chi connectivity index (χ1v) is 6.32. The van der Waals surface area contributed by atoms with Crippen molar-refractivity contribution >= 4 is 34.2 Å². The second-order valence-electron chi connectivity index (χ2n) is 4.67. The normalized spacial score (nSPS) is 16.2. The molecule has 0 radical (unpaired) electrons. The molecule has 17 heavy (non-hydrogen) atoms. The lowest BCUT2D eigenvalue weighted by molar-refractivity contribution is 0.0590. The van der Waals surface area contributed by atoms with Gasteiger partial charge in [0, 0.05) is 21.2 Å². The summed E-state index contributed by atoms with van der Waals surface area (Å²) < 4.78 is 11.5. The maximum absolute atomic E-state index is 11.7. The number of benzene rings is 1. The van der Waals surface area contributed by atoms with Crippen LogP contribution in [0.15, 0.2) is 6.07 Å². The molecule has 2 rings (SSSR count). The second kappa shape index (κ2) is 4.04. The van der Waals surface area contributed by atoms with Gasteiger partial charge in [0.1, 0.15) is 16.9 Å². The summed E-state index contributed by atoms with van der Waals surface area (Å²) in [5, 5.41) is 0. The van der Waals surface area contributed by atoms with Crippen LogP contribution in [-0.4, -0.2) is 18.7 Å². The third kappa shape index (κ3) is 2.08. The summed E-state index contributed by atoms with van der Waals surface area (Å²) in [6, 6.07) is 1.62. The average molecular weight is 347 g/mol. The Morgan fingerprint density at radius 3 is 2.82 bits per heavy atom. The van der Waals surface area contributed by atoms with Crippen molar-refractivity contribution in [1.29, 1.82) is 0 Å². The van der Waals surface area contributed by atoms with Gasteiger partial charge in [0.2, 0.25) is 0 Å². The van der Waals surface area contributed by atoms with Crippen molar-refractivity contribution in [3.05, 3.63) is 20.8 Å². The molecule has 1 heterocycles. The Labute approximate surface area is 114 Å². The van der Waals surface area contributed by atoms with E-state index < -0.39 is 5.97 Å². The number of ether oxygens (including phenoxy) is 2. The van der Waals surface area contributed by atoms with Gasteiger partial charge in [-0.2, -0.15) is 0 Å². The van der Waals surface area contributed by atoms with Crippen molar-refractivity contribution in [2.24, 2.45) is 0 Å². The highest BCUT2D eigenvalue weighted by molar-refractivity contribution is 14.1. The summed E-state index contributed by atoms with van der Waals surface area (Å²) in [7, 11) is 1.35. The van der Waals surface area contributed by atoms with Crippen molar-refractivity contribution in [3.8, 4) is 5.75 Å². The van der Waals surface area contributed by atoms with Gasteiger partial charge in [-0.15, -0.1) is 0 Å². The number of rotatable bonds is 1. The zero-order chi connectivity index (χ0) is 12.8. The lowest BCUT2D eigenvalue weighted by Gasteiger charge is -2.17. The van der Waals surface area contributed by atoms with Crippen LogP contribution < -0.4 is 10.5 Å². The molecule has 0 aliphatic carbocycles. The fraction of sp³-hybridized carbons (Fsp3) is 0.417. The SMILES string of the molecule is COC(=O)c1cc(N)c(I)c2c1OC(C)(C)C2. The van der Waals surface area contributed by atoms with Gasteiger partial charge < -0.3 is 15.2 Å². The Balaban J connectivity index is 2.63. The lowest BCUT2D eigenvalue weighted by Crippen LogP contribution is -2.25. The molecule has 0 amide bonds. The van der Waals surface area contributed by atoms with Crippen molar-refractivity contribution in [2.75, 3.05) is 12.8 Å². The fourth-order valence-electron chi connectivity index (χ4n) is 2.00. The van der Waals surface area contributed by atoms with Crippen LogP contribution in [0.5, 0.6) is 5.75 Å². The number of hydrogen-bond donors (Lipinski definition) is 1. The van der Waals surface area contributed by atoms with Crippen molar-refractivity contribution < 1.29 is 14.3 Å². The summed E-state index contributed by atoms with van der Waals surface area (Å²) in [6.45, 7) is 3.97. The van der Waals surface area contributed by atoms with Crippen molar-refractivity contribution in [3.63, 3.8) is 0 Å². The van der Waals surface area contributed by atoms with Gasteiger partial charge in [-0.1, -0.05) is 0 Å². The van der Waals surface area contributed by atoms with E-state index in [1.54, 1.807) is 6.07 Å². The summed E-state index contributed by atoms with van der Waals surface area (Å²) in [6.07, 6.45) is 0.746. The van der Waals surface area contributed by atoms with Crippen molar-refractivity contribution in [2.45, 2.75) is 25.9 Å². The van der Waals surface area contributed by atoms with E-state index in [1.807, 2.05) is 13.8 Å². The van der Waals surface area contributed by atoms with Crippen LogP contribution in [-0.2, 0) is 11.2 Å². The van der Waals surface area contributed by atoms with E-state index in [-0.39, 0.29) is 5.60 Å². The Hall–Kier alpha value is -0.980. The van der Waals surface area contributed by atoms with Gasteiger partial charge in [-0.25, -0.2) is 4.79 Å². The molecular formula is C12H14INO3. The van der Waals surface area contributed by atoms with Crippen LogP contribution in [0.4, 0.5) is 5.69 Å². The minimum Gasteiger partial charge on any atom is -0.486 e. The number of anilines is 1. The molecular weight excluding hydrogens is 333 g/mol. The number of halogens is 1. The minimum atomic E-state index is -0.415. The number of nitrogens with two attached hydrogens (primary N) is 1. The number of hydrogen-bond acceptors (Lipinski definition) is 4. The predicted molar refractivity (Wildman–Crippen MR) is 73.3 cm³/mol. The number of nitrogen functional groups attached to an aromatic ring is 1. The molecule has 5 heteroatoms. The van der Waals surface area contributed by atoms with Gasteiger partial charge in [0.25, 0.3) is 0 Å². The summed E-state index contributed by atoms with van der Waals surface area (Å²) >= 11 is 2.18. The molecule has 0 atom stereocenters. The van der Waals surface area contributed by atoms with E-state index in [0.717, 1.165) is 15.6 Å². The molecule has 4 nitrogen and oxygen atoms in total. The lowest BCUT2D eigenvalue weighted by atomic mass is 10.00. The molecule has 0 unspecified atom stereocenters. The van der Waals surface area contributed by atoms with Crippen LogP contribution in [0.25, 0.3) is 0 Å². The first-order chi connectivity index (χ1) is 7.85. The number of fused-ring (bicyclic) bond motifs is 1. The van der Waals surface area contributed by atoms with Crippen LogP contribution in [0.1, 0.15) is 29.8 Å². The molecule has 2 N–H and O–H groups in total. The topological polar surface area (TPSA) is 61.5 Å². The maximum Gasteiger partial charge on any atom is 0.341 e. The van der Waals surface area contributed by atoms with E-state index in [1.165, 1.54) is 7.11 Å². The molecule has 1 aliphatic rings. The fourth-order valence-corrected chi connectivity index (χ4v) is 2.59. The monoisotopic (exact) mass is 347 g/mol. The van der Waals surface area contributed by atoms with Gasteiger partial charge in [-0.05, 0) is 42.5 Å². The molecule has 1 aliphatic heterocycles. The van der Waals surface area contributed by atoms with Crippen LogP contribution >= 0.6 is 22.6 Å². The van der Waals surface area contributed by atoms with Crippen molar-refractivity contribution in [1.82, 2.24) is 0 Å². The zero-order valence-corrected chi connectivity index (χ0v) is 12.1. The second-order valence-corrected chi connectivity index (χ2v) is 5.74. The highest BCUT2D eigenvalue weighted by atomic mass is 127. The Bertz CT molecular complexity index is 497. The van der Waals surface area contributed by atoms with E-state index in [4.69, 9.17) is 15.2 Å². The maximum atomic E-state index is 11.7. The van der Waals surface area contributed by atoms with Crippen LogP contribution in [0.3, 0.4) is 0 Å². The molecule has 1 aromatic rings. The van der Waals surface area contributed by atoms with E-state index in [9.17, 15) is 4.79 Å². The third-order valence-corrected chi connectivity index (χ3v) is 4.00. The minimum absolute atomic E-state index is 0.307. The highest BCUT2D eigenvalue weighted by Gasteiger charge is 2.36. The smallest absolute Gasteiger partial charge is 0.341 e. The first kappa shape index (κ1) is 12.5. The summed E-state index contributed by atoms with van der Waals surface area (Å²) in [5.41, 5.74) is 7.59. The molecule has 0 spiro atoms. The Morgan fingerprint density at radius 2 is 2.24 bits per heavy atom. The molecule has 0 fully saturated rings. The average Bonchev–Trinajstić information content (AvgIpc) is 2.58. The van der Waals surface area contributed by atoms with Crippen LogP contribution in [0.2, 0.25) is 0 Å². The first-order valence-electron chi connectivity index (χ1n) is 5.24. The number of carbonyl (C=O) groups is 1. The number of methoxy groups -OCH3 is 1. The Kier molecular flexibility index (Phi) is 2.97. The van der Waals surface area contributed by atoms with Gasteiger partial charge in [-0.3, -0.25) is 0 Å². The Morgan fingerprint density at radius 1 is 1.59 bits per heavy atom. The predicted octanol–water partition coefficient (Wildman–Crippen LogP) is 2.37. The molecule has 0 aromatic heterocycles. The number of esters is 1. The van der Waals surface area contributed by atoms with E-state index in [0.29, 0.717) is 17.0 Å². The molecule has 0 bridgehead atoms. The van der Waals surface area contributed by atoms with Gasteiger partial charge >= 0.3 is 5.97 Å². The molecule has 0 saturated carbocycles. The van der Waals surface area contributed by atoms with Gasteiger partial charge in [0.05, 0.1) is 7.11 Å². The molecule has 92 valence electrons. The largest absolute Gasteiger partial charge is 0.486 e. The molecule has 0 saturated heterocycles. The number of carbonyl (C=O) groups excluding carboxylic acids is 1. The summed E-state index contributed by atoms with van der Waals surface area (Å²) in [5.74, 6) is 0.197. The third-order valence-electron chi connectivity index (χ3n) is 2.72. The molecule has 1 aromatic carbocycles. The van der Waals surface area contributed by atoms with Crippen LogP contribution in [0, 0.1) is 3.57 Å². The highest BCUT2D eigenvalue weighted by Crippen LogP contribution is 2.42. The summed E-state index contributed by atoms with van der Waals surface area (Å²) in [4.78, 5) is 11.7. The quantitative estimate of drug-likeness (QED) is 0.481. The standard InChI is InChI=1S/C12H14INO3/c1-12(2)5-7-9(13)8(14)4-6(10(7)17-12)11(15)16-3/h4H,5,14H2,1-3H3. The zero-order valence-electron chi connectivity index (χ0n) is 9.96. The van der Waals surface area contributed by atoms with E-state index >= 15 is 0 Å². The van der Waals surface area contributed by atoms with E-state index in [2.05, 4.69) is 22.6 Å².